The van der Waals surface area contributed by atoms with Gasteiger partial charge in [-0.05, 0) is 50.0 Å². The fourth-order valence-electron chi connectivity index (χ4n) is 2.65. The molecule has 0 unspecified atom stereocenters. The first-order valence-electron chi connectivity index (χ1n) is 9.09. The lowest BCUT2D eigenvalue weighted by Gasteiger charge is -2.01. The van der Waals surface area contributed by atoms with Crippen LogP contribution in [0, 0.1) is 6.92 Å². The molecule has 0 nitrogen and oxygen atoms in total. The number of hydrogen-bond acceptors (Lipinski definition) is 0. The molecule has 0 saturated carbocycles. The highest BCUT2D eigenvalue weighted by Crippen LogP contribution is 2.18. The molecule has 0 heteroatoms. The molecular weight excluding hydrogens is 312 g/mol. The highest BCUT2D eigenvalue weighted by Gasteiger charge is 1.95. The van der Waals surface area contributed by atoms with E-state index in [9.17, 15) is 0 Å². The van der Waals surface area contributed by atoms with E-state index in [2.05, 4.69) is 113 Å². The molecule has 3 rings (SSSR count). The molecule has 0 spiro atoms. The molecule has 0 bridgehead atoms. The summed E-state index contributed by atoms with van der Waals surface area (Å²) < 4.78 is 0. The van der Waals surface area contributed by atoms with Crippen molar-refractivity contribution in [1.82, 2.24) is 0 Å². The average molecular weight is 341 g/mol. The summed E-state index contributed by atoms with van der Waals surface area (Å²) in [6.45, 7) is 8.41. The lowest BCUT2D eigenvalue weighted by Crippen LogP contribution is -1.79. The average Bonchev–Trinajstić information content (AvgIpc) is 2.68. The first-order chi connectivity index (χ1) is 12.6. The summed E-state index contributed by atoms with van der Waals surface area (Å²) in [6.07, 6.45) is 4.34. The summed E-state index contributed by atoms with van der Waals surface area (Å²) in [7, 11) is 0. The van der Waals surface area contributed by atoms with Crippen molar-refractivity contribution < 1.29 is 0 Å². The predicted octanol–water partition coefficient (Wildman–Crippen LogP) is 7.72. The second-order valence-electron chi connectivity index (χ2n) is 6.56. The number of benzene rings is 3. The maximum atomic E-state index is 2.20. The van der Waals surface area contributed by atoms with Crippen LogP contribution in [0.15, 0.2) is 103 Å². The van der Waals surface area contributed by atoms with Gasteiger partial charge >= 0.3 is 0 Å². The van der Waals surface area contributed by atoms with Gasteiger partial charge in [-0.25, -0.2) is 0 Å². The molecule has 3 aromatic carbocycles. The van der Waals surface area contributed by atoms with E-state index in [4.69, 9.17) is 0 Å². The molecule has 132 valence electrons. The molecule has 0 radical (unpaired) electrons. The van der Waals surface area contributed by atoms with Crippen molar-refractivity contribution in [2.45, 2.75) is 27.7 Å². The molecule has 0 atom stereocenters. The van der Waals surface area contributed by atoms with Crippen molar-refractivity contribution >= 4 is 5.57 Å². The first-order valence-corrected chi connectivity index (χ1v) is 9.09. The van der Waals surface area contributed by atoms with Gasteiger partial charge in [-0.15, -0.1) is 0 Å². The topological polar surface area (TPSA) is 0 Å². The van der Waals surface area contributed by atoms with Crippen LogP contribution in [-0.4, -0.2) is 0 Å². The largest absolute Gasteiger partial charge is 0.0798 e. The van der Waals surface area contributed by atoms with Gasteiger partial charge in [-0.2, -0.15) is 0 Å². The normalized spacial score (nSPS) is 10.5. The van der Waals surface area contributed by atoms with Gasteiger partial charge in [0.05, 0.1) is 0 Å². The highest BCUT2D eigenvalue weighted by molar-refractivity contribution is 5.74. The Kier molecular flexibility index (Phi) is 7.64. The Morgan fingerprint density at radius 1 is 0.654 bits per heavy atom. The molecule has 26 heavy (non-hydrogen) atoms. The fraction of sp³-hybridized carbons (Fsp3) is 0.154. The van der Waals surface area contributed by atoms with Crippen molar-refractivity contribution in [3.63, 3.8) is 0 Å². The van der Waals surface area contributed by atoms with Crippen LogP contribution in [0.3, 0.4) is 0 Å². The number of allylic oxidation sites excluding steroid dienone is 4. The Labute approximate surface area is 158 Å². The fourth-order valence-corrected chi connectivity index (χ4v) is 2.65. The monoisotopic (exact) mass is 340 g/mol. The van der Waals surface area contributed by atoms with Gasteiger partial charge in [0.15, 0.2) is 0 Å². The van der Waals surface area contributed by atoms with Crippen molar-refractivity contribution in [1.29, 1.82) is 0 Å². The van der Waals surface area contributed by atoms with E-state index in [-0.39, 0.29) is 0 Å². The SMILES string of the molecule is C/C=C(\C=C(C)C)c1ccccc1.Cc1ccc(-c2ccccc2)cc1. The Bertz CT molecular complexity index is 832. The molecule has 0 aromatic heterocycles. The van der Waals surface area contributed by atoms with Gasteiger partial charge in [0.25, 0.3) is 0 Å². The van der Waals surface area contributed by atoms with Gasteiger partial charge in [0.1, 0.15) is 0 Å². The van der Waals surface area contributed by atoms with E-state index < -0.39 is 0 Å². The molecule has 3 aromatic rings. The van der Waals surface area contributed by atoms with E-state index in [1.807, 2.05) is 12.1 Å². The van der Waals surface area contributed by atoms with Crippen LogP contribution < -0.4 is 0 Å². The molecule has 0 N–H and O–H groups in total. The molecule has 0 aliphatic carbocycles. The van der Waals surface area contributed by atoms with Gasteiger partial charge in [0.2, 0.25) is 0 Å². The summed E-state index contributed by atoms with van der Waals surface area (Å²) in [6, 6.07) is 29.5. The van der Waals surface area contributed by atoms with Crippen LogP contribution >= 0.6 is 0 Å². The molecule has 0 amide bonds. The molecule has 0 heterocycles. The first kappa shape index (κ1) is 19.5. The second-order valence-corrected chi connectivity index (χ2v) is 6.56. The smallest absolute Gasteiger partial charge is 0.0184 e. The summed E-state index contributed by atoms with van der Waals surface area (Å²) >= 11 is 0. The zero-order valence-corrected chi connectivity index (χ0v) is 16.2. The maximum Gasteiger partial charge on any atom is -0.0184 e. The summed E-state index contributed by atoms with van der Waals surface area (Å²) in [5.74, 6) is 0. The number of aryl methyl sites for hydroxylation is 1. The van der Waals surface area contributed by atoms with E-state index in [1.165, 1.54) is 33.4 Å². The van der Waals surface area contributed by atoms with Gasteiger partial charge in [-0.3, -0.25) is 0 Å². The van der Waals surface area contributed by atoms with Crippen molar-refractivity contribution in [2.75, 3.05) is 0 Å². The Hall–Kier alpha value is -2.86. The van der Waals surface area contributed by atoms with E-state index in [0.717, 1.165) is 0 Å². The lowest BCUT2D eigenvalue weighted by molar-refractivity contribution is 1.39. The van der Waals surface area contributed by atoms with Crippen LogP contribution in [0.1, 0.15) is 31.9 Å². The molecule has 0 saturated heterocycles. The zero-order valence-electron chi connectivity index (χ0n) is 16.2. The van der Waals surface area contributed by atoms with Gasteiger partial charge in [-0.1, -0.05) is 108 Å². The minimum atomic E-state index is 1.28. The van der Waals surface area contributed by atoms with E-state index in [1.54, 1.807) is 0 Å². The third-order valence-electron chi connectivity index (χ3n) is 4.02. The van der Waals surface area contributed by atoms with Crippen LogP contribution in [0.5, 0.6) is 0 Å². The van der Waals surface area contributed by atoms with E-state index >= 15 is 0 Å². The lowest BCUT2D eigenvalue weighted by atomic mass is 10.0. The molecule has 0 aliphatic heterocycles. The Balaban J connectivity index is 0.000000187. The molecular formula is C26H28. The number of hydrogen-bond donors (Lipinski definition) is 0. The van der Waals surface area contributed by atoms with Crippen molar-refractivity contribution in [2.24, 2.45) is 0 Å². The minimum absolute atomic E-state index is 1.28. The quantitative estimate of drug-likeness (QED) is 0.428. The number of rotatable bonds is 3. The second kappa shape index (κ2) is 10.2. The molecule has 0 fully saturated rings. The minimum Gasteiger partial charge on any atom is -0.0798 e. The standard InChI is InChI=1S/C13H12.C13H16/c1-11-7-9-13(10-8-11)12-5-3-2-4-6-12;1-4-12(10-11(2)3)13-8-6-5-7-9-13/h2-10H,1H3;4-10H,1-3H3/b;12-4+. The van der Waals surface area contributed by atoms with Crippen molar-refractivity contribution in [3.05, 3.63) is 114 Å². The van der Waals surface area contributed by atoms with Crippen molar-refractivity contribution in [3.8, 4) is 11.1 Å². The summed E-state index contributed by atoms with van der Waals surface area (Å²) in [5, 5.41) is 0. The maximum absolute atomic E-state index is 2.20. The zero-order chi connectivity index (χ0) is 18.8. The van der Waals surface area contributed by atoms with Crippen LogP contribution in [0.2, 0.25) is 0 Å². The summed E-state index contributed by atoms with van der Waals surface area (Å²) in [4.78, 5) is 0. The Morgan fingerprint density at radius 3 is 1.65 bits per heavy atom. The third-order valence-corrected chi connectivity index (χ3v) is 4.02. The summed E-state index contributed by atoms with van der Waals surface area (Å²) in [5.41, 5.74) is 7.78. The third kappa shape index (κ3) is 6.22. The highest BCUT2D eigenvalue weighted by atomic mass is 14.0. The van der Waals surface area contributed by atoms with Gasteiger partial charge < -0.3 is 0 Å². The van der Waals surface area contributed by atoms with Gasteiger partial charge in [0, 0.05) is 0 Å². The van der Waals surface area contributed by atoms with Crippen LogP contribution in [0.25, 0.3) is 16.7 Å². The van der Waals surface area contributed by atoms with E-state index in [0.29, 0.717) is 0 Å². The van der Waals surface area contributed by atoms with Crippen LogP contribution in [-0.2, 0) is 0 Å². The molecule has 0 aliphatic rings. The van der Waals surface area contributed by atoms with Crippen LogP contribution in [0.4, 0.5) is 0 Å². The predicted molar refractivity (Wildman–Crippen MR) is 116 cm³/mol. The Morgan fingerprint density at radius 2 is 1.15 bits per heavy atom.